The first-order valence-electron chi connectivity index (χ1n) is 7.47. The van der Waals surface area contributed by atoms with Crippen molar-refractivity contribution in [3.05, 3.63) is 44.4 Å². The molecule has 1 N–H and O–H groups in total. The maximum atomic E-state index is 14.0. The molecule has 2 aromatic rings. The maximum absolute atomic E-state index is 14.0. The maximum Gasteiger partial charge on any atom is 0.305 e. The lowest BCUT2D eigenvalue weighted by Crippen LogP contribution is -2.44. The van der Waals surface area contributed by atoms with Gasteiger partial charge in [-0.25, -0.2) is 8.78 Å². The molecular weight excluding hydrogens is 322 g/mol. The van der Waals surface area contributed by atoms with Gasteiger partial charge in [0.25, 0.3) is 0 Å². The number of nitrogens with one attached hydrogen (secondary N) is 1. The van der Waals surface area contributed by atoms with Crippen molar-refractivity contribution in [1.29, 1.82) is 0 Å². The molecule has 1 saturated heterocycles. The molecule has 2 heterocycles. The predicted molar refractivity (Wildman–Crippen MR) is 85.6 cm³/mol. The molecule has 7 heteroatoms. The van der Waals surface area contributed by atoms with Crippen LogP contribution in [0.4, 0.5) is 8.78 Å². The summed E-state index contributed by atoms with van der Waals surface area (Å²) in [7, 11) is 0. The second-order valence-electron chi connectivity index (χ2n) is 5.89. The summed E-state index contributed by atoms with van der Waals surface area (Å²) in [6.07, 6.45) is 0.201. The normalized spacial score (nSPS) is 22.4. The molecule has 0 radical (unpaired) electrons. The Bertz CT molecular complexity index is 749. The number of benzene rings is 1. The van der Waals surface area contributed by atoms with Crippen molar-refractivity contribution >= 4 is 11.3 Å². The van der Waals surface area contributed by atoms with Crippen LogP contribution >= 0.6 is 11.3 Å². The standard InChI is InChI=1S/C16H18F2N2O2S/c1-9-6-20(7-10(2)22-9)8-14-15(19-16(21)23-14)12-5-11(17)3-4-13(12)18/h3-5,9-10H,6-8H2,1-2H3,(H,19,21). The number of rotatable bonds is 3. The molecular formula is C16H18F2N2O2S. The van der Waals surface area contributed by atoms with Gasteiger partial charge in [-0.3, -0.25) is 9.69 Å². The summed E-state index contributed by atoms with van der Waals surface area (Å²) in [6, 6.07) is 3.25. The molecule has 1 fully saturated rings. The monoisotopic (exact) mass is 340 g/mol. The first-order chi connectivity index (χ1) is 10.9. The third kappa shape index (κ3) is 3.68. The summed E-state index contributed by atoms with van der Waals surface area (Å²) in [5, 5.41) is 0. The molecule has 3 rings (SSSR count). The van der Waals surface area contributed by atoms with Crippen molar-refractivity contribution in [3.8, 4) is 11.3 Å². The highest BCUT2D eigenvalue weighted by molar-refractivity contribution is 7.09. The molecule has 0 saturated carbocycles. The van der Waals surface area contributed by atoms with Crippen molar-refractivity contribution < 1.29 is 13.5 Å². The fourth-order valence-electron chi connectivity index (χ4n) is 2.99. The van der Waals surface area contributed by atoms with Gasteiger partial charge in [0, 0.05) is 30.1 Å². The number of aromatic amines is 1. The topological polar surface area (TPSA) is 45.3 Å². The molecule has 23 heavy (non-hydrogen) atoms. The second-order valence-corrected chi connectivity index (χ2v) is 6.96. The highest BCUT2D eigenvalue weighted by atomic mass is 32.1. The largest absolute Gasteiger partial charge is 0.373 e. The van der Waals surface area contributed by atoms with Gasteiger partial charge in [-0.05, 0) is 32.0 Å². The molecule has 2 atom stereocenters. The highest BCUT2D eigenvalue weighted by Gasteiger charge is 2.24. The molecule has 124 valence electrons. The number of aromatic nitrogens is 1. The van der Waals surface area contributed by atoms with E-state index in [2.05, 4.69) is 9.88 Å². The fourth-order valence-corrected chi connectivity index (χ4v) is 3.88. The van der Waals surface area contributed by atoms with Gasteiger partial charge in [0.2, 0.25) is 0 Å². The average molecular weight is 340 g/mol. The van der Waals surface area contributed by atoms with Crippen molar-refractivity contribution in [2.45, 2.75) is 32.6 Å². The van der Waals surface area contributed by atoms with E-state index in [0.29, 0.717) is 17.1 Å². The zero-order valence-corrected chi connectivity index (χ0v) is 13.8. The molecule has 1 aromatic carbocycles. The van der Waals surface area contributed by atoms with E-state index in [1.165, 1.54) is 0 Å². The van der Waals surface area contributed by atoms with Crippen LogP contribution in [0, 0.1) is 11.6 Å². The zero-order valence-electron chi connectivity index (χ0n) is 12.9. The van der Waals surface area contributed by atoms with Crippen LogP contribution in [0.3, 0.4) is 0 Å². The number of nitrogens with zero attached hydrogens (tertiary/aromatic N) is 1. The second kappa shape index (κ2) is 6.51. The van der Waals surface area contributed by atoms with Gasteiger partial charge in [-0.2, -0.15) is 0 Å². The Labute approximate surface area is 136 Å². The van der Waals surface area contributed by atoms with Gasteiger partial charge in [-0.1, -0.05) is 11.3 Å². The van der Waals surface area contributed by atoms with E-state index >= 15 is 0 Å². The molecule has 2 unspecified atom stereocenters. The van der Waals surface area contributed by atoms with Gasteiger partial charge in [-0.15, -0.1) is 0 Å². The van der Waals surface area contributed by atoms with Crippen LogP contribution in [-0.2, 0) is 11.3 Å². The fraction of sp³-hybridized carbons (Fsp3) is 0.438. The SMILES string of the molecule is CC1CN(Cc2sc(=O)[nH]c2-c2cc(F)ccc2F)CC(C)O1. The Hall–Kier alpha value is -1.57. The van der Waals surface area contributed by atoms with E-state index in [-0.39, 0.29) is 22.6 Å². The lowest BCUT2D eigenvalue weighted by atomic mass is 10.1. The summed E-state index contributed by atoms with van der Waals surface area (Å²) in [4.78, 5) is 17.0. The van der Waals surface area contributed by atoms with Crippen molar-refractivity contribution in [1.82, 2.24) is 9.88 Å². The summed E-state index contributed by atoms with van der Waals surface area (Å²) in [5.74, 6) is -1.08. The number of morpholine rings is 1. The first-order valence-corrected chi connectivity index (χ1v) is 8.29. The lowest BCUT2D eigenvalue weighted by Gasteiger charge is -2.35. The molecule has 1 aliphatic rings. The molecule has 0 spiro atoms. The Kier molecular flexibility index (Phi) is 4.61. The average Bonchev–Trinajstić information content (AvgIpc) is 2.81. The quantitative estimate of drug-likeness (QED) is 0.934. The Morgan fingerprint density at radius 1 is 1.30 bits per heavy atom. The van der Waals surface area contributed by atoms with Gasteiger partial charge < -0.3 is 9.72 Å². The number of ether oxygens (including phenoxy) is 1. The van der Waals surface area contributed by atoms with Gasteiger partial charge in [0.05, 0.1) is 17.9 Å². The van der Waals surface area contributed by atoms with Crippen molar-refractivity contribution in [3.63, 3.8) is 0 Å². The van der Waals surface area contributed by atoms with E-state index in [0.717, 1.165) is 42.6 Å². The molecule has 4 nitrogen and oxygen atoms in total. The molecule has 1 aromatic heterocycles. The van der Waals surface area contributed by atoms with Crippen LogP contribution in [0.2, 0.25) is 0 Å². The van der Waals surface area contributed by atoms with Gasteiger partial charge in [0.15, 0.2) is 0 Å². The van der Waals surface area contributed by atoms with E-state index in [1.807, 2.05) is 13.8 Å². The third-order valence-corrected chi connectivity index (χ3v) is 4.65. The van der Waals surface area contributed by atoms with E-state index in [1.54, 1.807) is 0 Å². The third-order valence-electron chi connectivity index (χ3n) is 3.78. The minimum atomic E-state index is -0.551. The van der Waals surface area contributed by atoms with Crippen molar-refractivity contribution in [2.75, 3.05) is 13.1 Å². The van der Waals surface area contributed by atoms with Crippen molar-refractivity contribution in [2.24, 2.45) is 0 Å². The highest BCUT2D eigenvalue weighted by Crippen LogP contribution is 2.28. The number of hydrogen-bond donors (Lipinski definition) is 1. The summed E-state index contributed by atoms with van der Waals surface area (Å²) in [6.45, 7) is 5.97. The van der Waals surface area contributed by atoms with Crippen LogP contribution < -0.4 is 4.87 Å². The molecule has 1 aliphatic heterocycles. The van der Waals surface area contributed by atoms with Crippen LogP contribution in [0.25, 0.3) is 11.3 Å². The van der Waals surface area contributed by atoms with Crippen LogP contribution in [0.15, 0.2) is 23.0 Å². The van der Waals surface area contributed by atoms with Gasteiger partial charge >= 0.3 is 4.87 Å². The minimum Gasteiger partial charge on any atom is -0.373 e. The van der Waals surface area contributed by atoms with Crippen LogP contribution in [0.5, 0.6) is 0 Å². The van der Waals surface area contributed by atoms with Gasteiger partial charge in [0.1, 0.15) is 11.6 Å². The van der Waals surface area contributed by atoms with Crippen LogP contribution in [0.1, 0.15) is 18.7 Å². The minimum absolute atomic E-state index is 0.0905. The van der Waals surface area contributed by atoms with Crippen LogP contribution in [-0.4, -0.2) is 35.2 Å². The van der Waals surface area contributed by atoms with E-state index < -0.39 is 11.6 Å². The summed E-state index contributed by atoms with van der Waals surface area (Å²) >= 11 is 1.04. The Morgan fingerprint density at radius 3 is 2.70 bits per heavy atom. The summed E-state index contributed by atoms with van der Waals surface area (Å²) < 4.78 is 33.2. The number of thiazole rings is 1. The van der Waals surface area contributed by atoms with E-state index in [9.17, 15) is 13.6 Å². The number of hydrogen-bond acceptors (Lipinski definition) is 4. The lowest BCUT2D eigenvalue weighted by molar-refractivity contribution is -0.0702. The predicted octanol–water partition coefficient (Wildman–Crippen LogP) is 2.99. The Morgan fingerprint density at radius 2 is 2.00 bits per heavy atom. The smallest absolute Gasteiger partial charge is 0.305 e. The molecule has 0 aliphatic carbocycles. The van der Waals surface area contributed by atoms with E-state index in [4.69, 9.17) is 4.74 Å². The summed E-state index contributed by atoms with van der Waals surface area (Å²) in [5.41, 5.74) is 0.455. The molecule has 0 amide bonds. The number of H-pyrrole nitrogens is 1. The molecule has 0 bridgehead atoms. The number of halogens is 2. The Balaban J connectivity index is 1.92. The zero-order chi connectivity index (χ0) is 16.6. The first kappa shape index (κ1) is 16.3.